The summed E-state index contributed by atoms with van der Waals surface area (Å²) in [7, 11) is 0. The number of nitro benzene ring substituents is 1. The highest BCUT2D eigenvalue weighted by Crippen LogP contribution is 2.32. The summed E-state index contributed by atoms with van der Waals surface area (Å²) in [6, 6.07) is 18.2. The molecule has 0 saturated carbocycles. The second-order valence-corrected chi connectivity index (χ2v) is 7.49. The SMILES string of the molecule is CC(Nc1cc(N2CCN(C(=O)c3ccco3)CC2)ccc1[N+](=O)[O-])c1ccccc1. The van der Waals surface area contributed by atoms with E-state index in [1.807, 2.05) is 43.3 Å². The van der Waals surface area contributed by atoms with Crippen LogP contribution in [0.2, 0.25) is 0 Å². The van der Waals surface area contributed by atoms with Crippen molar-refractivity contribution in [1.29, 1.82) is 0 Å². The van der Waals surface area contributed by atoms with Gasteiger partial charge >= 0.3 is 0 Å². The van der Waals surface area contributed by atoms with E-state index in [1.54, 1.807) is 23.1 Å². The zero-order chi connectivity index (χ0) is 21.8. The smallest absolute Gasteiger partial charge is 0.292 e. The summed E-state index contributed by atoms with van der Waals surface area (Å²) in [6.45, 7) is 4.36. The maximum Gasteiger partial charge on any atom is 0.292 e. The van der Waals surface area contributed by atoms with E-state index < -0.39 is 0 Å². The van der Waals surface area contributed by atoms with E-state index in [-0.39, 0.29) is 22.6 Å². The third-order valence-corrected chi connectivity index (χ3v) is 5.51. The van der Waals surface area contributed by atoms with Crippen molar-refractivity contribution < 1.29 is 14.1 Å². The fourth-order valence-electron chi connectivity index (χ4n) is 3.78. The predicted octanol–water partition coefficient (Wildman–Crippen LogP) is 4.32. The lowest BCUT2D eigenvalue weighted by molar-refractivity contribution is -0.384. The molecule has 0 bridgehead atoms. The standard InChI is InChI=1S/C23H24N4O4/c1-17(18-6-3-2-4-7-18)24-20-16-19(9-10-21(20)27(29)30)25-11-13-26(14-12-25)23(28)22-8-5-15-31-22/h2-10,15-17,24H,11-14H2,1H3. The minimum absolute atomic E-state index is 0.0400. The molecule has 1 aliphatic heterocycles. The van der Waals surface area contributed by atoms with Crippen molar-refractivity contribution in [2.24, 2.45) is 0 Å². The molecule has 8 heteroatoms. The van der Waals surface area contributed by atoms with Crippen molar-refractivity contribution in [3.8, 4) is 0 Å². The number of benzene rings is 2. The normalized spacial score (nSPS) is 14.9. The molecule has 2 aromatic carbocycles. The molecule has 8 nitrogen and oxygen atoms in total. The van der Waals surface area contributed by atoms with Gasteiger partial charge in [0.1, 0.15) is 5.69 Å². The molecule has 1 unspecified atom stereocenters. The van der Waals surface area contributed by atoms with Gasteiger partial charge in [0.25, 0.3) is 11.6 Å². The van der Waals surface area contributed by atoms with Gasteiger partial charge in [0, 0.05) is 44.0 Å². The Hall–Kier alpha value is -3.81. The summed E-state index contributed by atoms with van der Waals surface area (Å²) in [5.41, 5.74) is 2.46. The molecule has 1 atom stereocenters. The van der Waals surface area contributed by atoms with E-state index >= 15 is 0 Å². The quantitative estimate of drug-likeness (QED) is 0.472. The summed E-state index contributed by atoms with van der Waals surface area (Å²) in [5.74, 6) is 0.220. The number of carbonyl (C=O) groups excluding carboxylic acids is 1. The van der Waals surface area contributed by atoms with Crippen LogP contribution in [0.5, 0.6) is 0 Å². The monoisotopic (exact) mass is 420 g/mol. The Morgan fingerprint density at radius 2 is 1.81 bits per heavy atom. The number of piperazine rings is 1. The molecule has 1 aromatic heterocycles. The van der Waals surface area contributed by atoms with Crippen LogP contribution >= 0.6 is 0 Å². The molecular formula is C23H24N4O4. The van der Waals surface area contributed by atoms with E-state index in [9.17, 15) is 14.9 Å². The molecule has 1 fully saturated rings. The number of amides is 1. The Labute approximate surface area is 180 Å². The van der Waals surface area contributed by atoms with Gasteiger partial charge in [-0.3, -0.25) is 14.9 Å². The molecule has 0 aliphatic carbocycles. The number of hydrogen-bond donors (Lipinski definition) is 1. The average molecular weight is 420 g/mol. The maximum atomic E-state index is 12.5. The Balaban J connectivity index is 1.48. The molecular weight excluding hydrogens is 396 g/mol. The van der Waals surface area contributed by atoms with Crippen LogP contribution in [-0.2, 0) is 0 Å². The van der Waals surface area contributed by atoms with Crippen molar-refractivity contribution in [2.75, 3.05) is 36.4 Å². The average Bonchev–Trinajstić information content (AvgIpc) is 3.34. The van der Waals surface area contributed by atoms with Gasteiger partial charge in [0.15, 0.2) is 5.76 Å². The Morgan fingerprint density at radius 3 is 2.45 bits per heavy atom. The highest BCUT2D eigenvalue weighted by molar-refractivity contribution is 5.91. The van der Waals surface area contributed by atoms with Gasteiger partial charge in [0.05, 0.1) is 11.2 Å². The number of rotatable bonds is 6. The van der Waals surface area contributed by atoms with Crippen LogP contribution in [0.3, 0.4) is 0 Å². The molecule has 3 aromatic rings. The summed E-state index contributed by atoms with van der Waals surface area (Å²) < 4.78 is 5.21. The zero-order valence-electron chi connectivity index (χ0n) is 17.2. The summed E-state index contributed by atoms with van der Waals surface area (Å²) >= 11 is 0. The minimum atomic E-state index is -0.371. The highest BCUT2D eigenvalue weighted by Gasteiger charge is 2.25. The molecule has 1 N–H and O–H groups in total. The van der Waals surface area contributed by atoms with Crippen molar-refractivity contribution in [3.05, 3.63) is 88.4 Å². The summed E-state index contributed by atoms with van der Waals surface area (Å²) in [6.07, 6.45) is 1.49. The molecule has 2 heterocycles. The van der Waals surface area contributed by atoms with Crippen LogP contribution in [0.1, 0.15) is 29.1 Å². The number of anilines is 2. The van der Waals surface area contributed by atoms with Gasteiger partial charge < -0.3 is 19.5 Å². The van der Waals surface area contributed by atoms with Crippen LogP contribution in [-0.4, -0.2) is 41.9 Å². The fraction of sp³-hybridized carbons (Fsp3) is 0.261. The first kappa shape index (κ1) is 20.5. The summed E-state index contributed by atoms with van der Waals surface area (Å²) in [5, 5.41) is 14.8. The first-order valence-electron chi connectivity index (χ1n) is 10.2. The maximum absolute atomic E-state index is 12.5. The van der Waals surface area contributed by atoms with Crippen LogP contribution in [0.4, 0.5) is 17.1 Å². The van der Waals surface area contributed by atoms with Crippen LogP contribution in [0, 0.1) is 10.1 Å². The zero-order valence-corrected chi connectivity index (χ0v) is 17.2. The van der Waals surface area contributed by atoms with E-state index in [2.05, 4.69) is 10.2 Å². The molecule has 4 rings (SSSR count). The summed E-state index contributed by atoms with van der Waals surface area (Å²) in [4.78, 5) is 27.5. The van der Waals surface area contributed by atoms with Gasteiger partial charge in [-0.15, -0.1) is 0 Å². The number of nitrogens with zero attached hydrogens (tertiary/aromatic N) is 3. The van der Waals surface area contributed by atoms with Crippen molar-refractivity contribution >= 4 is 23.0 Å². The highest BCUT2D eigenvalue weighted by atomic mass is 16.6. The number of furan rings is 1. The Bertz CT molecular complexity index is 1040. The molecule has 0 radical (unpaired) electrons. The lowest BCUT2D eigenvalue weighted by Gasteiger charge is -2.36. The van der Waals surface area contributed by atoms with Crippen LogP contribution in [0.25, 0.3) is 0 Å². The van der Waals surface area contributed by atoms with Gasteiger partial charge in [-0.1, -0.05) is 30.3 Å². The van der Waals surface area contributed by atoms with Crippen LogP contribution in [0.15, 0.2) is 71.3 Å². The second-order valence-electron chi connectivity index (χ2n) is 7.49. The van der Waals surface area contributed by atoms with E-state index in [0.717, 1.165) is 11.3 Å². The minimum Gasteiger partial charge on any atom is -0.459 e. The van der Waals surface area contributed by atoms with Gasteiger partial charge in [-0.05, 0) is 36.8 Å². The van der Waals surface area contributed by atoms with E-state index in [1.165, 1.54) is 12.3 Å². The third-order valence-electron chi connectivity index (χ3n) is 5.51. The topological polar surface area (TPSA) is 91.9 Å². The number of nitro groups is 1. The Kier molecular flexibility index (Phi) is 5.88. The van der Waals surface area contributed by atoms with E-state index in [4.69, 9.17) is 4.42 Å². The number of hydrogen-bond acceptors (Lipinski definition) is 6. The Morgan fingerprint density at radius 1 is 1.06 bits per heavy atom. The second kappa shape index (κ2) is 8.91. The fourth-order valence-corrected chi connectivity index (χ4v) is 3.78. The first-order chi connectivity index (χ1) is 15.0. The first-order valence-corrected chi connectivity index (χ1v) is 10.2. The lowest BCUT2D eigenvalue weighted by atomic mass is 10.1. The van der Waals surface area contributed by atoms with Gasteiger partial charge in [-0.2, -0.15) is 0 Å². The largest absolute Gasteiger partial charge is 0.459 e. The third kappa shape index (κ3) is 4.53. The van der Waals surface area contributed by atoms with Gasteiger partial charge in [-0.25, -0.2) is 0 Å². The van der Waals surface area contributed by atoms with Crippen molar-refractivity contribution in [1.82, 2.24) is 4.90 Å². The molecule has 0 spiro atoms. The molecule has 31 heavy (non-hydrogen) atoms. The molecule has 1 amide bonds. The van der Waals surface area contributed by atoms with E-state index in [0.29, 0.717) is 37.6 Å². The van der Waals surface area contributed by atoms with Crippen LogP contribution < -0.4 is 10.2 Å². The lowest BCUT2D eigenvalue weighted by Crippen LogP contribution is -2.48. The van der Waals surface area contributed by atoms with Crippen molar-refractivity contribution in [3.63, 3.8) is 0 Å². The predicted molar refractivity (Wildman–Crippen MR) is 118 cm³/mol. The van der Waals surface area contributed by atoms with Crippen molar-refractivity contribution in [2.45, 2.75) is 13.0 Å². The molecule has 1 aliphatic rings. The molecule has 160 valence electrons. The van der Waals surface area contributed by atoms with Gasteiger partial charge in [0.2, 0.25) is 0 Å². The molecule has 1 saturated heterocycles. The number of nitrogens with one attached hydrogen (secondary N) is 1. The number of carbonyl (C=O) groups is 1.